The van der Waals surface area contributed by atoms with E-state index in [1.807, 2.05) is 0 Å². The molecular weight excluding hydrogens is 378 g/mol. The maximum atomic E-state index is 12.2. The first-order chi connectivity index (χ1) is 12.7. The smallest absolute Gasteiger partial charge is 0.290 e. The molecule has 1 aromatic rings. The molecule has 0 saturated carbocycles. The van der Waals surface area contributed by atoms with E-state index >= 15 is 0 Å². The van der Waals surface area contributed by atoms with Crippen LogP contribution in [-0.2, 0) is 19.6 Å². The fraction of sp³-hybridized carbons (Fsp3) is 0.688. The second kappa shape index (κ2) is 7.21. The number of carbonyl (C=O) groups excluding carboxylic acids is 1. The molecule has 150 valence electrons. The largest absolute Gasteiger partial charge is 0.483 e. The SMILES string of the molecule is Cc1cc(C(=O)NC[C@H]2[C@H]3CN(S(C)(=O)=O)C[C@]34CC[C@H]2O4)no1.O=CO. The Labute approximate surface area is 156 Å². The van der Waals surface area contributed by atoms with Gasteiger partial charge in [-0.3, -0.25) is 9.59 Å². The summed E-state index contributed by atoms with van der Waals surface area (Å²) in [6.07, 6.45) is 3.14. The van der Waals surface area contributed by atoms with Crippen LogP contribution in [0.1, 0.15) is 29.1 Å². The van der Waals surface area contributed by atoms with Crippen LogP contribution in [0, 0.1) is 18.8 Å². The molecule has 1 aromatic heterocycles. The van der Waals surface area contributed by atoms with Gasteiger partial charge in [0.2, 0.25) is 10.0 Å². The van der Waals surface area contributed by atoms with Crippen molar-refractivity contribution >= 4 is 22.4 Å². The highest BCUT2D eigenvalue weighted by Gasteiger charge is 2.63. The van der Waals surface area contributed by atoms with Gasteiger partial charge >= 0.3 is 0 Å². The molecule has 2 N–H and O–H groups in total. The third-order valence-corrected chi connectivity index (χ3v) is 6.80. The summed E-state index contributed by atoms with van der Waals surface area (Å²) in [7, 11) is -3.23. The number of nitrogens with zero attached hydrogens (tertiary/aromatic N) is 2. The van der Waals surface area contributed by atoms with E-state index in [9.17, 15) is 13.2 Å². The quantitative estimate of drug-likeness (QED) is 0.664. The van der Waals surface area contributed by atoms with Gasteiger partial charge < -0.3 is 19.7 Å². The Morgan fingerprint density at radius 2 is 2.26 bits per heavy atom. The third kappa shape index (κ3) is 3.71. The van der Waals surface area contributed by atoms with Crippen molar-refractivity contribution in [1.82, 2.24) is 14.8 Å². The highest BCUT2D eigenvalue weighted by molar-refractivity contribution is 7.88. The molecule has 0 unspecified atom stereocenters. The Morgan fingerprint density at radius 3 is 2.85 bits per heavy atom. The highest BCUT2D eigenvalue weighted by Crippen LogP contribution is 2.54. The van der Waals surface area contributed by atoms with E-state index in [2.05, 4.69) is 10.5 Å². The third-order valence-electron chi connectivity index (χ3n) is 5.58. The summed E-state index contributed by atoms with van der Waals surface area (Å²) in [6.45, 7) is 2.84. The standard InChI is InChI=1S/C15H21N3O5S.CH2O2/c1-9-5-12(17-23-9)14(19)16-6-10-11-7-18(24(2,20)21)8-15(11)4-3-13(10)22-15;2-1-3/h5,10-11,13H,3-4,6-8H2,1-2H3,(H,16,19);1H,(H,2,3)/t10-,11+,13+,15+;/m0./s1. The van der Waals surface area contributed by atoms with Crippen molar-refractivity contribution in [3.8, 4) is 0 Å². The predicted molar refractivity (Wildman–Crippen MR) is 92.5 cm³/mol. The lowest BCUT2D eigenvalue weighted by Gasteiger charge is -2.29. The number of carboxylic acid groups (broad SMARTS) is 1. The first kappa shape index (κ1) is 19.8. The Hall–Kier alpha value is -1.98. The maximum Gasteiger partial charge on any atom is 0.290 e. The van der Waals surface area contributed by atoms with Gasteiger partial charge in [0, 0.05) is 37.5 Å². The van der Waals surface area contributed by atoms with Crippen molar-refractivity contribution < 1.29 is 32.4 Å². The number of aromatic nitrogens is 1. The maximum absolute atomic E-state index is 12.2. The van der Waals surface area contributed by atoms with Gasteiger partial charge in [-0.1, -0.05) is 5.16 Å². The van der Waals surface area contributed by atoms with Gasteiger partial charge in [0.25, 0.3) is 12.4 Å². The number of hydrogen-bond acceptors (Lipinski definition) is 7. The molecule has 3 aliphatic heterocycles. The predicted octanol–water partition coefficient (Wildman–Crippen LogP) is -0.147. The second-order valence-corrected chi connectivity index (χ2v) is 9.21. The van der Waals surface area contributed by atoms with Crippen LogP contribution < -0.4 is 5.32 Å². The molecule has 2 bridgehead atoms. The average molecular weight is 401 g/mol. The van der Waals surface area contributed by atoms with E-state index < -0.39 is 10.0 Å². The van der Waals surface area contributed by atoms with E-state index in [4.69, 9.17) is 19.2 Å². The fourth-order valence-corrected chi connectivity index (χ4v) is 5.33. The highest BCUT2D eigenvalue weighted by atomic mass is 32.2. The molecule has 1 amide bonds. The summed E-state index contributed by atoms with van der Waals surface area (Å²) in [4.78, 5) is 20.5. The normalized spacial score (nSPS) is 31.9. The molecule has 0 aromatic carbocycles. The van der Waals surface area contributed by atoms with Crippen LogP contribution in [0.4, 0.5) is 0 Å². The second-order valence-electron chi connectivity index (χ2n) is 7.22. The zero-order valence-corrected chi connectivity index (χ0v) is 15.9. The Kier molecular flexibility index (Phi) is 5.28. The van der Waals surface area contributed by atoms with Crippen molar-refractivity contribution in [2.45, 2.75) is 31.5 Å². The molecule has 3 saturated heterocycles. The van der Waals surface area contributed by atoms with Gasteiger partial charge in [-0.2, -0.15) is 4.31 Å². The zero-order chi connectivity index (χ0) is 19.8. The number of carbonyl (C=O) groups is 2. The van der Waals surface area contributed by atoms with Crippen LogP contribution in [0.15, 0.2) is 10.6 Å². The van der Waals surface area contributed by atoms with Crippen molar-refractivity contribution in [2.24, 2.45) is 11.8 Å². The Balaban J connectivity index is 0.000000659. The number of fused-ring (bicyclic) bond motifs is 1. The number of ether oxygens (including phenoxy) is 1. The molecule has 0 aliphatic carbocycles. The van der Waals surface area contributed by atoms with Gasteiger partial charge in [-0.15, -0.1) is 0 Å². The van der Waals surface area contributed by atoms with E-state index in [0.29, 0.717) is 25.4 Å². The number of nitrogens with one attached hydrogen (secondary N) is 1. The number of aryl methyl sites for hydroxylation is 1. The van der Waals surface area contributed by atoms with Gasteiger partial charge in [0.15, 0.2) is 5.69 Å². The van der Waals surface area contributed by atoms with Crippen LogP contribution in [-0.4, -0.2) is 73.0 Å². The number of rotatable bonds is 4. The molecule has 11 heteroatoms. The molecule has 0 radical (unpaired) electrons. The first-order valence-electron chi connectivity index (χ1n) is 8.62. The summed E-state index contributed by atoms with van der Waals surface area (Å²) in [5.41, 5.74) is -0.108. The average Bonchev–Trinajstić information content (AvgIpc) is 3.32. The van der Waals surface area contributed by atoms with Crippen LogP contribution in [0.2, 0.25) is 0 Å². The van der Waals surface area contributed by atoms with Crippen molar-refractivity contribution in [2.75, 3.05) is 25.9 Å². The Bertz CT molecular complexity index is 824. The summed E-state index contributed by atoms with van der Waals surface area (Å²) >= 11 is 0. The van der Waals surface area contributed by atoms with Gasteiger partial charge in [-0.25, -0.2) is 8.42 Å². The molecule has 1 spiro atoms. The van der Waals surface area contributed by atoms with Gasteiger partial charge in [-0.05, 0) is 19.8 Å². The molecular formula is C16H23N3O7S. The molecule has 10 nitrogen and oxygen atoms in total. The lowest BCUT2D eigenvalue weighted by Crippen LogP contribution is -2.42. The summed E-state index contributed by atoms with van der Waals surface area (Å²) in [6, 6.07) is 1.59. The van der Waals surface area contributed by atoms with Crippen LogP contribution >= 0.6 is 0 Å². The number of sulfonamides is 1. The lowest BCUT2D eigenvalue weighted by atomic mass is 9.73. The van der Waals surface area contributed by atoms with Gasteiger partial charge in [0.1, 0.15) is 5.76 Å². The zero-order valence-electron chi connectivity index (χ0n) is 15.1. The van der Waals surface area contributed by atoms with Gasteiger partial charge in [0.05, 0.1) is 18.0 Å². The lowest BCUT2D eigenvalue weighted by molar-refractivity contribution is -0.122. The molecule has 4 heterocycles. The first-order valence-corrected chi connectivity index (χ1v) is 10.5. The van der Waals surface area contributed by atoms with E-state index in [-0.39, 0.29) is 41.6 Å². The summed E-state index contributed by atoms with van der Waals surface area (Å²) < 4.78 is 36.4. The minimum Gasteiger partial charge on any atom is -0.483 e. The van der Waals surface area contributed by atoms with Crippen molar-refractivity contribution in [3.05, 3.63) is 17.5 Å². The molecule has 4 atom stereocenters. The minimum atomic E-state index is -3.23. The molecule has 3 fully saturated rings. The molecule has 27 heavy (non-hydrogen) atoms. The minimum absolute atomic E-state index is 0.0936. The number of amides is 1. The molecule has 3 aliphatic rings. The van der Waals surface area contributed by atoms with Crippen LogP contribution in [0.25, 0.3) is 0 Å². The van der Waals surface area contributed by atoms with E-state index in [1.54, 1.807) is 13.0 Å². The topological polar surface area (TPSA) is 139 Å². The van der Waals surface area contributed by atoms with Crippen molar-refractivity contribution in [3.63, 3.8) is 0 Å². The van der Waals surface area contributed by atoms with Crippen LogP contribution in [0.3, 0.4) is 0 Å². The van der Waals surface area contributed by atoms with E-state index in [1.165, 1.54) is 10.6 Å². The van der Waals surface area contributed by atoms with Crippen LogP contribution in [0.5, 0.6) is 0 Å². The molecule has 4 rings (SSSR count). The summed E-state index contributed by atoms with van der Waals surface area (Å²) in [5, 5.41) is 13.5. The summed E-state index contributed by atoms with van der Waals surface area (Å²) in [5.74, 6) is 0.566. The monoisotopic (exact) mass is 401 g/mol. The Morgan fingerprint density at radius 1 is 1.56 bits per heavy atom. The van der Waals surface area contributed by atoms with Crippen molar-refractivity contribution in [1.29, 1.82) is 0 Å². The fourth-order valence-electron chi connectivity index (χ4n) is 4.45. The van der Waals surface area contributed by atoms with E-state index in [0.717, 1.165) is 12.8 Å². The number of hydrogen-bond donors (Lipinski definition) is 2.